The van der Waals surface area contributed by atoms with Crippen LogP contribution < -0.4 is 10.6 Å². The molecule has 20 heavy (non-hydrogen) atoms. The van der Waals surface area contributed by atoms with Crippen molar-refractivity contribution in [1.82, 2.24) is 25.4 Å². The van der Waals surface area contributed by atoms with E-state index in [0.717, 1.165) is 24.8 Å². The number of nitrogens with one attached hydrogen (secondary N) is 2. The highest BCUT2D eigenvalue weighted by Crippen LogP contribution is 1.98. The van der Waals surface area contributed by atoms with E-state index in [2.05, 4.69) is 20.7 Å². The van der Waals surface area contributed by atoms with Crippen molar-refractivity contribution in [1.29, 1.82) is 0 Å². The second-order valence-electron chi connectivity index (χ2n) is 4.71. The van der Waals surface area contributed by atoms with E-state index in [0.29, 0.717) is 26.1 Å². The molecule has 1 saturated heterocycles. The largest absolute Gasteiger partial charge is 0.378 e. The fourth-order valence-corrected chi connectivity index (χ4v) is 2.12. The summed E-state index contributed by atoms with van der Waals surface area (Å²) in [7, 11) is 0. The lowest BCUT2D eigenvalue weighted by atomic mass is 10.2. The van der Waals surface area contributed by atoms with Gasteiger partial charge < -0.3 is 15.4 Å². The number of nitrogens with zero attached hydrogens (tertiary/aromatic N) is 3. The van der Waals surface area contributed by atoms with Crippen LogP contribution in [-0.4, -0.2) is 53.0 Å². The number of hydrogen-bond donors (Lipinski definition) is 2. The van der Waals surface area contributed by atoms with Gasteiger partial charge in [-0.25, -0.2) is 9.67 Å². The standard InChI is InChI=1S/C12H21N5O2.ClH/c1-9-15-10(2)17(16-9)5-3-14-12(18)7-11-8-19-6-4-13-11;/h11,13H,3-8H2,1-2H3,(H,14,18);1H. The molecular weight excluding hydrogens is 282 g/mol. The predicted octanol–water partition coefficient (Wildman–Crippen LogP) is -0.189. The monoisotopic (exact) mass is 303 g/mol. The van der Waals surface area contributed by atoms with Gasteiger partial charge in [-0.15, -0.1) is 12.4 Å². The molecule has 1 aliphatic heterocycles. The fourth-order valence-electron chi connectivity index (χ4n) is 2.12. The number of halogens is 1. The van der Waals surface area contributed by atoms with E-state index in [1.807, 2.05) is 13.8 Å². The second kappa shape index (κ2) is 8.18. The lowest BCUT2D eigenvalue weighted by Gasteiger charge is -2.23. The SMILES string of the molecule is Cc1nc(C)n(CCNC(=O)CC2COCCN2)n1.Cl. The van der Waals surface area contributed by atoms with E-state index in [-0.39, 0.29) is 24.4 Å². The van der Waals surface area contributed by atoms with Crippen LogP contribution in [0.3, 0.4) is 0 Å². The van der Waals surface area contributed by atoms with Gasteiger partial charge in [0.15, 0.2) is 0 Å². The van der Waals surface area contributed by atoms with Crippen LogP contribution >= 0.6 is 12.4 Å². The maximum atomic E-state index is 11.7. The molecule has 1 aromatic heterocycles. The van der Waals surface area contributed by atoms with E-state index in [9.17, 15) is 4.79 Å². The zero-order valence-electron chi connectivity index (χ0n) is 11.9. The minimum atomic E-state index is 0. The molecule has 114 valence electrons. The molecule has 1 aliphatic rings. The Kier molecular flexibility index (Phi) is 6.90. The third-order valence-corrected chi connectivity index (χ3v) is 3.04. The molecule has 7 nitrogen and oxygen atoms in total. The van der Waals surface area contributed by atoms with E-state index in [4.69, 9.17) is 4.74 Å². The van der Waals surface area contributed by atoms with Crippen molar-refractivity contribution in [3.63, 3.8) is 0 Å². The van der Waals surface area contributed by atoms with Gasteiger partial charge in [0.2, 0.25) is 5.91 Å². The van der Waals surface area contributed by atoms with Gasteiger partial charge in [-0.05, 0) is 13.8 Å². The highest BCUT2D eigenvalue weighted by atomic mass is 35.5. The molecule has 0 saturated carbocycles. The Hall–Kier alpha value is -1.18. The number of carbonyl (C=O) groups is 1. The minimum absolute atomic E-state index is 0. The Morgan fingerprint density at radius 3 is 2.95 bits per heavy atom. The van der Waals surface area contributed by atoms with Gasteiger partial charge in [0.25, 0.3) is 0 Å². The molecule has 0 aliphatic carbocycles. The third kappa shape index (κ3) is 5.07. The maximum absolute atomic E-state index is 11.7. The summed E-state index contributed by atoms with van der Waals surface area (Å²) in [5, 5.41) is 10.4. The van der Waals surface area contributed by atoms with Gasteiger partial charge in [-0.3, -0.25) is 4.79 Å². The quantitative estimate of drug-likeness (QED) is 0.788. The van der Waals surface area contributed by atoms with Crippen LogP contribution in [0.15, 0.2) is 0 Å². The summed E-state index contributed by atoms with van der Waals surface area (Å²) in [5.41, 5.74) is 0. The lowest BCUT2D eigenvalue weighted by Crippen LogP contribution is -2.44. The van der Waals surface area contributed by atoms with Crippen molar-refractivity contribution < 1.29 is 9.53 Å². The van der Waals surface area contributed by atoms with Gasteiger partial charge in [-0.1, -0.05) is 0 Å². The topological polar surface area (TPSA) is 81.1 Å². The molecule has 2 rings (SSSR count). The fraction of sp³-hybridized carbons (Fsp3) is 0.750. The first kappa shape index (κ1) is 16.9. The average molecular weight is 304 g/mol. The molecule has 8 heteroatoms. The molecule has 0 radical (unpaired) electrons. The summed E-state index contributed by atoms with van der Waals surface area (Å²) in [6, 6.07) is 0.129. The highest BCUT2D eigenvalue weighted by molar-refractivity contribution is 5.85. The maximum Gasteiger partial charge on any atom is 0.221 e. The summed E-state index contributed by atoms with van der Waals surface area (Å²) < 4.78 is 7.11. The second-order valence-corrected chi connectivity index (χ2v) is 4.71. The molecule has 1 fully saturated rings. The van der Waals surface area contributed by atoms with Crippen molar-refractivity contribution in [2.75, 3.05) is 26.3 Å². The number of rotatable bonds is 5. The number of hydrogen-bond acceptors (Lipinski definition) is 5. The van der Waals surface area contributed by atoms with Gasteiger partial charge in [0.05, 0.1) is 19.8 Å². The molecule has 0 spiro atoms. The number of amides is 1. The highest BCUT2D eigenvalue weighted by Gasteiger charge is 2.16. The normalized spacial score (nSPS) is 18.4. The number of carbonyl (C=O) groups excluding carboxylic acids is 1. The van der Waals surface area contributed by atoms with Crippen molar-refractivity contribution >= 4 is 18.3 Å². The lowest BCUT2D eigenvalue weighted by molar-refractivity contribution is -0.122. The van der Waals surface area contributed by atoms with Gasteiger partial charge >= 0.3 is 0 Å². The Bertz CT molecular complexity index is 431. The van der Waals surface area contributed by atoms with E-state index >= 15 is 0 Å². The molecule has 1 unspecified atom stereocenters. The van der Waals surface area contributed by atoms with Gasteiger partial charge in [0.1, 0.15) is 11.6 Å². The first-order valence-electron chi connectivity index (χ1n) is 6.61. The Morgan fingerprint density at radius 2 is 2.35 bits per heavy atom. The molecule has 1 atom stereocenters. The van der Waals surface area contributed by atoms with Crippen LogP contribution in [0.1, 0.15) is 18.1 Å². The summed E-state index contributed by atoms with van der Waals surface area (Å²) >= 11 is 0. The molecule has 2 N–H and O–H groups in total. The number of morpholine rings is 1. The number of aryl methyl sites for hydroxylation is 2. The minimum Gasteiger partial charge on any atom is -0.378 e. The molecular formula is C12H22ClN5O2. The van der Waals surface area contributed by atoms with E-state index in [1.165, 1.54) is 0 Å². The average Bonchev–Trinajstić information content (AvgIpc) is 2.69. The Labute approximate surface area is 124 Å². The van der Waals surface area contributed by atoms with Crippen LogP contribution in [0.4, 0.5) is 0 Å². The number of ether oxygens (including phenoxy) is 1. The summed E-state index contributed by atoms with van der Waals surface area (Å²) in [6.07, 6.45) is 0.454. The van der Waals surface area contributed by atoms with Crippen LogP contribution in [0.25, 0.3) is 0 Å². The third-order valence-electron chi connectivity index (χ3n) is 3.04. The smallest absolute Gasteiger partial charge is 0.221 e. The van der Waals surface area contributed by atoms with E-state index in [1.54, 1.807) is 4.68 Å². The van der Waals surface area contributed by atoms with Crippen LogP contribution in [0.5, 0.6) is 0 Å². The van der Waals surface area contributed by atoms with Crippen molar-refractivity contribution in [3.8, 4) is 0 Å². The predicted molar refractivity (Wildman–Crippen MR) is 77.0 cm³/mol. The van der Waals surface area contributed by atoms with Crippen LogP contribution in [0.2, 0.25) is 0 Å². The first-order valence-corrected chi connectivity index (χ1v) is 6.61. The van der Waals surface area contributed by atoms with Crippen LogP contribution in [-0.2, 0) is 16.1 Å². The van der Waals surface area contributed by atoms with E-state index < -0.39 is 0 Å². The molecule has 2 heterocycles. The summed E-state index contributed by atoms with van der Waals surface area (Å²) in [6.45, 7) is 7.12. The van der Waals surface area contributed by atoms with Crippen LogP contribution in [0, 0.1) is 13.8 Å². The van der Waals surface area contributed by atoms with Crippen molar-refractivity contribution in [3.05, 3.63) is 11.6 Å². The summed E-state index contributed by atoms with van der Waals surface area (Å²) in [4.78, 5) is 16.0. The number of aromatic nitrogens is 3. The van der Waals surface area contributed by atoms with Crippen molar-refractivity contribution in [2.45, 2.75) is 32.9 Å². The van der Waals surface area contributed by atoms with Gasteiger partial charge in [0, 0.05) is 25.6 Å². The first-order chi connectivity index (χ1) is 9.15. The van der Waals surface area contributed by atoms with Gasteiger partial charge in [-0.2, -0.15) is 5.10 Å². The molecule has 0 aromatic carbocycles. The Balaban J connectivity index is 0.00000200. The molecule has 1 amide bonds. The van der Waals surface area contributed by atoms with Crippen molar-refractivity contribution in [2.24, 2.45) is 0 Å². The molecule has 0 bridgehead atoms. The zero-order valence-corrected chi connectivity index (χ0v) is 12.7. The Morgan fingerprint density at radius 1 is 1.55 bits per heavy atom. The summed E-state index contributed by atoms with van der Waals surface area (Å²) in [5.74, 6) is 1.67. The zero-order chi connectivity index (χ0) is 13.7. The molecule has 1 aromatic rings.